The molecule has 0 N–H and O–H groups in total. The van der Waals surface area contributed by atoms with Gasteiger partial charge in [-0.3, -0.25) is 0 Å². The zero-order valence-electron chi connectivity index (χ0n) is 11.1. The molecule has 0 spiro atoms. The van der Waals surface area contributed by atoms with Gasteiger partial charge in [-0.25, -0.2) is 0 Å². The summed E-state index contributed by atoms with van der Waals surface area (Å²) in [4.78, 5) is 12.1. The van der Waals surface area contributed by atoms with Crippen molar-refractivity contribution in [1.29, 1.82) is 5.26 Å². The van der Waals surface area contributed by atoms with Crippen LogP contribution in [0.15, 0.2) is 18.2 Å². The van der Waals surface area contributed by atoms with Crippen LogP contribution in [0.1, 0.15) is 12.1 Å². The number of nitriles is 1. The highest BCUT2D eigenvalue weighted by molar-refractivity contribution is 6.99. The molecule has 0 saturated heterocycles. The normalized spacial score (nSPS) is 10.2. The van der Waals surface area contributed by atoms with Crippen LogP contribution in [0.25, 0.3) is 11.3 Å². The van der Waals surface area contributed by atoms with Crippen LogP contribution < -0.4 is 5.11 Å². The summed E-state index contributed by atoms with van der Waals surface area (Å²) in [5.74, 6) is 0. The molecule has 1 aromatic heterocycles. The number of rotatable bonds is 5. The van der Waals surface area contributed by atoms with E-state index in [2.05, 4.69) is 8.75 Å². The van der Waals surface area contributed by atoms with E-state index in [9.17, 15) is 9.90 Å². The van der Waals surface area contributed by atoms with Crippen LogP contribution in [-0.2, 0) is 6.54 Å². The third kappa shape index (κ3) is 3.65. The molecule has 0 saturated carbocycles. The highest BCUT2D eigenvalue weighted by atomic mass is 35.5. The number of carbonyl (C=O) groups is 1. The van der Waals surface area contributed by atoms with Gasteiger partial charge >= 0.3 is 0 Å². The molecule has 1 heterocycles. The summed E-state index contributed by atoms with van der Waals surface area (Å²) in [7, 11) is 0. The number of carbonyl (C=O) groups excluding carboxylic acids is 1. The van der Waals surface area contributed by atoms with Crippen molar-refractivity contribution in [2.24, 2.45) is 0 Å². The average Bonchev–Trinajstić information content (AvgIpc) is 2.91. The van der Waals surface area contributed by atoms with Crippen LogP contribution >= 0.6 is 34.9 Å². The fourth-order valence-corrected chi connectivity index (χ4v) is 2.96. The van der Waals surface area contributed by atoms with Crippen LogP contribution in [0.5, 0.6) is 0 Å². The maximum absolute atomic E-state index is 11.1. The number of amides is 1. The second kappa shape index (κ2) is 7.40. The molecule has 2 rings (SSSR count). The molecule has 6 nitrogen and oxygen atoms in total. The SMILES string of the molecule is N#CCCN(Cc1nsnc1-c1c(Cl)cccc1Cl)C(=O)[O-]. The van der Waals surface area contributed by atoms with Crippen LogP contribution in [0.2, 0.25) is 10.0 Å². The lowest BCUT2D eigenvalue weighted by atomic mass is 10.1. The Bertz CT molecular complexity index is 709. The van der Waals surface area contributed by atoms with Gasteiger partial charge in [-0.05, 0) is 12.1 Å². The van der Waals surface area contributed by atoms with E-state index in [4.69, 9.17) is 28.5 Å². The molecule has 1 amide bonds. The minimum absolute atomic E-state index is 0.0338. The van der Waals surface area contributed by atoms with E-state index < -0.39 is 6.09 Å². The Morgan fingerprint density at radius 3 is 2.64 bits per heavy atom. The van der Waals surface area contributed by atoms with E-state index >= 15 is 0 Å². The first-order chi connectivity index (χ1) is 10.5. The largest absolute Gasteiger partial charge is 0.530 e. The minimum atomic E-state index is -1.38. The lowest BCUT2D eigenvalue weighted by Gasteiger charge is -2.23. The fraction of sp³-hybridized carbons (Fsp3) is 0.231. The summed E-state index contributed by atoms with van der Waals surface area (Å²) < 4.78 is 8.26. The van der Waals surface area contributed by atoms with Gasteiger partial charge in [-0.2, -0.15) is 14.0 Å². The molecule has 0 atom stereocenters. The van der Waals surface area contributed by atoms with Crippen molar-refractivity contribution in [3.05, 3.63) is 33.9 Å². The Kier molecular flexibility index (Phi) is 5.55. The molecule has 0 aliphatic carbocycles. The van der Waals surface area contributed by atoms with Gasteiger partial charge in [0.15, 0.2) is 0 Å². The summed E-state index contributed by atoms with van der Waals surface area (Å²) in [6, 6.07) is 6.92. The average molecular weight is 356 g/mol. The Morgan fingerprint density at radius 1 is 1.36 bits per heavy atom. The molecule has 0 fully saturated rings. The Hall–Kier alpha value is -1.88. The molecule has 22 heavy (non-hydrogen) atoms. The van der Waals surface area contributed by atoms with Gasteiger partial charge in [-0.1, -0.05) is 29.3 Å². The van der Waals surface area contributed by atoms with E-state index in [1.807, 2.05) is 6.07 Å². The van der Waals surface area contributed by atoms with Crippen LogP contribution in [-0.4, -0.2) is 26.3 Å². The second-order valence-corrected chi connectivity index (χ2v) is 5.59. The predicted molar refractivity (Wildman–Crippen MR) is 81.4 cm³/mol. The minimum Gasteiger partial charge on any atom is -0.530 e. The molecular weight excluding hydrogens is 347 g/mol. The van der Waals surface area contributed by atoms with E-state index in [1.165, 1.54) is 0 Å². The highest BCUT2D eigenvalue weighted by Gasteiger charge is 2.19. The number of aromatic nitrogens is 2. The Morgan fingerprint density at radius 2 is 2.05 bits per heavy atom. The van der Waals surface area contributed by atoms with Crippen molar-refractivity contribution in [1.82, 2.24) is 13.6 Å². The van der Waals surface area contributed by atoms with E-state index in [1.54, 1.807) is 18.2 Å². The van der Waals surface area contributed by atoms with Gasteiger partial charge in [0.05, 0.1) is 40.8 Å². The third-order valence-corrected chi connectivity index (χ3v) is 4.04. The van der Waals surface area contributed by atoms with Crippen molar-refractivity contribution < 1.29 is 9.90 Å². The van der Waals surface area contributed by atoms with Crippen LogP contribution in [0.4, 0.5) is 4.79 Å². The molecule has 2 aromatic rings. The van der Waals surface area contributed by atoms with Gasteiger partial charge in [0, 0.05) is 12.1 Å². The van der Waals surface area contributed by atoms with Crippen molar-refractivity contribution in [2.45, 2.75) is 13.0 Å². The quantitative estimate of drug-likeness (QED) is 0.821. The first kappa shape index (κ1) is 16.5. The molecule has 9 heteroatoms. The zero-order valence-corrected chi connectivity index (χ0v) is 13.5. The van der Waals surface area contributed by atoms with Gasteiger partial charge in [-0.15, -0.1) is 0 Å². The number of halogens is 2. The standard InChI is InChI=1S/C13H10Cl2N4O2S/c14-8-3-1-4-9(15)11(8)12-10(17-22-18-12)7-19(13(20)21)6-2-5-16/h1,3-4H,2,6-7H2,(H,20,21)/p-1. The van der Waals surface area contributed by atoms with Gasteiger partial charge in [0.2, 0.25) is 0 Å². The smallest absolute Gasteiger partial charge is 0.137 e. The number of nitrogens with zero attached hydrogens (tertiary/aromatic N) is 4. The van der Waals surface area contributed by atoms with E-state index in [-0.39, 0.29) is 19.5 Å². The second-order valence-electron chi connectivity index (χ2n) is 4.25. The zero-order chi connectivity index (χ0) is 16.1. The van der Waals surface area contributed by atoms with E-state index in [0.29, 0.717) is 27.0 Å². The van der Waals surface area contributed by atoms with Crippen molar-refractivity contribution in [2.75, 3.05) is 6.54 Å². The lowest BCUT2D eigenvalue weighted by molar-refractivity contribution is -0.266. The molecule has 1 aromatic carbocycles. The summed E-state index contributed by atoms with van der Waals surface area (Å²) in [6.45, 7) is -0.0105. The summed E-state index contributed by atoms with van der Waals surface area (Å²) in [5.41, 5.74) is 1.36. The molecular formula is C13H9Cl2N4O2S-. The molecule has 0 bridgehead atoms. The Labute approximate surface area is 140 Å². The van der Waals surface area contributed by atoms with E-state index in [0.717, 1.165) is 16.6 Å². The fourth-order valence-electron chi connectivity index (χ4n) is 1.82. The van der Waals surface area contributed by atoms with Crippen molar-refractivity contribution in [3.63, 3.8) is 0 Å². The first-order valence-electron chi connectivity index (χ1n) is 6.13. The van der Waals surface area contributed by atoms with Crippen molar-refractivity contribution >= 4 is 41.0 Å². The lowest BCUT2D eigenvalue weighted by Crippen LogP contribution is -2.41. The van der Waals surface area contributed by atoms with Crippen molar-refractivity contribution in [3.8, 4) is 17.3 Å². The number of carboxylic acid groups (broad SMARTS) is 1. The predicted octanol–water partition coefficient (Wildman–Crippen LogP) is 2.57. The molecule has 0 radical (unpaired) electrons. The summed E-state index contributed by atoms with van der Waals surface area (Å²) >= 11 is 13.2. The Balaban J connectivity index is 2.34. The number of benzene rings is 1. The monoisotopic (exact) mass is 355 g/mol. The maximum Gasteiger partial charge on any atom is 0.137 e. The molecule has 0 aliphatic rings. The highest BCUT2D eigenvalue weighted by Crippen LogP contribution is 2.35. The number of hydrogen-bond acceptors (Lipinski definition) is 6. The topological polar surface area (TPSA) is 92.9 Å². The molecule has 0 unspecified atom stereocenters. The third-order valence-electron chi connectivity index (χ3n) is 2.85. The van der Waals surface area contributed by atoms with Crippen LogP contribution in [0, 0.1) is 11.3 Å². The summed E-state index contributed by atoms with van der Waals surface area (Å²) in [5, 5.41) is 20.5. The van der Waals surface area contributed by atoms with Gasteiger partial charge < -0.3 is 14.8 Å². The first-order valence-corrected chi connectivity index (χ1v) is 7.62. The van der Waals surface area contributed by atoms with Crippen LogP contribution in [0.3, 0.4) is 0 Å². The molecule has 0 aliphatic heterocycles. The molecule has 114 valence electrons. The number of hydrogen-bond donors (Lipinski definition) is 0. The summed E-state index contributed by atoms with van der Waals surface area (Å²) in [6.07, 6.45) is -1.31. The van der Waals surface area contributed by atoms with Gasteiger partial charge in [0.1, 0.15) is 17.5 Å². The maximum atomic E-state index is 11.1. The van der Waals surface area contributed by atoms with Gasteiger partial charge in [0.25, 0.3) is 0 Å².